The molecule has 0 bridgehead atoms. The van der Waals surface area contributed by atoms with Gasteiger partial charge in [-0.25, -0.2) is 0 Å². The Balaban J connectivity index is 1.89. The zero-order chi connectivity index (χ0) is 18.3. The normalized spacial score (nSPS) is 10.9. The topological polar surface area (TPSA) is 72.2 Å². The second kappa shape index (κ2) is 6.01. The van der Waals surface area contributed by atoms with Gasteiger partial charge in [0.05, 0.1) is 0 Å². The van der Waals surface area contributed by atoms with Gasteiger partial charge < -0.3 is 11.1 Å². The average molecular weight is 340 g/mol. The predicted molar refractivity (Wildman–Crippen MR) is 106 cm³/mol. The van der Waals surface area contributed by atoms with E-state index < -0.39 is 5.91 Å². The average Bonchev–Trinajstić information content (AvgIpc) is 2.64. The minimum absolute atomic E-state index is 0.241. The first-order valence-corrected chi connectivity index (χ1v) is 8.18. The van der Waals surface area contributed by atoms with Crippen molar-refractivity contribution >= 4 is 49.8 Å². The number of amides is 2. The summed E-state index contributed by atoms with van der Waals surface area (Å²) in [6, 6.07) is 19.6. The smallest absolute Gasteiger partial charge is 0.248 e. The summed E-state index contributed by atoms with van der Waals surface area (Å²) in [5.41, 5.74) is 6.59. The fourth-order valence-corrected chi connectivity index (χ4v) is 3.17. The Morgan fingerprint density at radius 3 is 1.92 bits per heavy atom. The minimum atomic E-state index is -0.437. The molecule has 2 amide bonds. The van der Waals surface area contributed by atoms with Crippen molar-refractivity contribution in [2.75, 3.05) is 5.32 Å². The van der Waals surface area contributed by atoms with Gasteiger partial charge in [0.25, 0.3) is 0 Å². The molecule has 4 aromatic carbocycles. The summed E-state index contributed by atoms with van der Waals surface area (Å²) in [7, 11) is 0. The standard InChI is InChI=1S/C22H16N2O2/c1-2-21(25)24-20-6-5-14-8-17-7-13-3-4-15(22(23)26)9-16(13)10-18(17)11-19(14)12-20/h2-12H,1H2,(H2,23,26)(H,24,25). The number of anilines is 1. The number of benzene rings is 4. The quantitative estimate of drug-likeness (QED) is 0.429. The molecule has 0 aliphatic rings. The van der Waals surface area contributed by atoms with E-state index in [2.05, 4.69) is 30.1 Å². The lowest BCUT2D eigenvalue weighted by atomic mass is 9.98. The Morgan fingerprint density at radius 1 is 0.769 bits per heavy atom. The number of fused-ring (bicyclic) bond motifs is 3. The molecule has 0 aliphatic carbocycles. The maximum atomic E-state index is 11.5. The number of rotatable bonds is 3. The predicted octanol–water partition coefficient (Wildman–Crippen LogP) is 4.37. The van der Waals surface area contributed by atoms with Crippen LogP contribution in [0.25, 0.3) is 32.3 Å². The SMILES string of the molecule is C=CC(=O)Nc1ccc2cc3cc4ccc(C(N)=O)cc4cc3cc2c1. The summed E-state index contributed by atoms with van der Waals surface area (Å²) in [6.45, 7) is 3.46. The molecule has 4 rings (SSSR count). The number of carbonyl (C=O) groups is 2. The number of hydrogen-bond donors (Lipinski definition) is 2. The van der Waals surface area contributed by atoms with E-state index >= 15 is 0 Å². The van der Waals surface area contributed by atoms with Gasteiger partial charge in [0.15, 0.2) is 0 Å². The Bertz CT molecular complexity index is 1230. The Morgan fingerprint density at radius 2 is 1.31 bits per heavy atom. The second-order valence-electron chi connectivity index (χ2n) is 6.23. The van der Waals surface area contributed by atoms with Gasteiger partial charge in [-0.1, -0.05) is 18.7 Å². The lowest BCUT2D eigenvalue weighted by molar-refractivity contribution is -0.111. The first-order chi connectivity index (χ1) is 12.5. The van der Waals surface area contributed by atoms with Crippen molar-refractivity contribution in [3.8, 4) is 0 Å². The highest BCUT2D eigenvalue weighted by molar-refractivity contribution is 6.07. The maximum Gasteiger partial charge on any atom is 0.248 e. The highest BCUT2D eigenvalue weighted by atomic mass is 16.1. The van der Waals surface area contributed by atoms with Crippen molar-refractivity contribution in [3.63, 3.8) is 0 Å². The van der Waals surface area contributed by atoms with E-state index in [0.29, 0.717) is 5.56 Å². The van der Waals surface area contributed by atoms with Crippen LogP contribution in [0.15, 0.2) is 73.3 Å². The zero-order valence-corrected chi connectivity index (χ0v) is 14.0. The number of nitrogens with one attached hydrogen (secondary N) is 1. The molecular formula is C22H16N2O2. The molecule has 0 spiro atoms. The van der Waals surface area contributed by atoms with Crippen LogP contribution < -0.4 is 11.1 Å². The number of primary amides is 1. The van der Waals surface area contributed by atoms with Gasteiger partial charge in [0, 0.05) is 11.3 Å². The van der Waals surface area contributed by atoms with Crippen LogP contribution in [0.2, 0.25) is 0 Å². The lowest BCUT2D eigenvalue weighted by Crippen LogP contribution is -2.10. The molecule has 0 atom stereocenters. The van der Waals surface area contributed by atoms with Gasteiger partial charge in [-0.05, 0) is 86.9 Å². The van der Waals surface area contributed by atoms with Crippen molar-refractivity contribution in [2.45, 2.75) is 0 Å². The Kier molecular flexibility index (Phi) is 3.66. The number of carbonyl (C=O) groups excluding carboxylic acids is 2. The lowest BCUT2D eigenvalue weighted by Gasteiger charge is -2.08. The highest BCUT2D eigenvalue weighted by Crippen LogP contribution is 2.29. The van der Waals surface area contributed by atoms with Crippen LogP contribution in [-0.4, -0.2) is 11.8 Å². The van der Waals surface area contributed by atoms with Gasteiger partial charge in [-0.3, -0.25) is 9.59 Å². The monoisotopic (exact) mass is 340 g/mol. The van der Waals surface area contributed by atoms with Crippen LogP contribution in [-0.2, 0) is 4.79 Å². The first-order valence-electron chi connectivity index (χ1n) is 8.18. The van der Waals surface area contributed by atoms with E-state index in [-0.39, 0.29) is 5.91 Å². The van der Waals surface area contributed by atoms with Crippen LogP contribution in [0.5, 0.6) is 0 Å². The largest absolute Gasteiger partial charge is 0.366 e. The molecule has 0 saturated carbocycles. The molecule has 126 valence electrons. The second-order valence-corrected chi connectivity index (χ2v) is 6.23. The third kappa shape index (κ3) is 2.78. The van der Waals surface area contributed by atoms with E-state index in [1.165, 1.54) is 6.08 Å². The third-order valence-electron chi connectivity index (χ3n) is 4.49. The summed E-state index contributed by atoms with van der Waals surface area (Å²) in [5, 5.41) is 9.06. The summed E-state index contributed by atoms with van der Waals surface area (Å²) in [4.78, 5) is 22.9. The zero-order valence-electron chi connectivity index (χ0n) is 14.0. The van der Waals surface area contributed by atoms with Crippen LogP contribution in [0.1, 0.15) is 10.4 Å². The van der Waals surface area contributed by atoms with E-state index in [4.69, 9.17) is 5.73 Å². The van der Waals surface area contributed by atoms with E-state index in [1.807, 2.05) is 36.4 Å². The van der Waals surface area contributed by atoms with Crippen LogP contribution in [0.4, 0.5) is 5.69 Å². The fraction of sp³-hybridized carbons (Fsp3) is 0. The molecule has 4 aromatic rings. The van der Waals surface area contributed by atoms with E-state index in [9.17, 15) is 9.59 Å². The maximum absolute atomic E-state index is 11.5. The summed E-state index contributed by atoms with van der Waals surface area (Å²) in [6.07, 6.45) is 1.24. The number of nitrogens with two attached hydrogens (primary N) is 1. The van der Waals surface area contributed by atoms with Crippen molar-refractivity contribution in [1.82, 2.24) is 0 Å². The van der Waals surface area contributed by atoms with Crippen LogP contribution in [0, 0.1) is 0 Å². The van der Waals surface area contributed by atoms with E-state index in [1.54, 1.807) is 6.07 Å². The molecule has 0 heterocycles. The third-order valence-corrected chi connectivity index (χ3v) is 4.49. The molecule has 26 heavy (non-hydrogen) atoms. The summed E-state index contributed by atoms with van der Waals surface area (Å²) >= 11 is 0. The molecule has 0 fully saturated rings. The molecule has 0 radical (unpaired) electrons. The van der Waals surface area contributed by atoms with E-state index in [0.717, 1.165) is 38.0 Å². The van der Waals surface area contributed by atoms with Crippen molar-refractivity contribution in [2.24, 2.45) is 5.73 Å². The first kappa shape index (κ1) is 15.8. The van der Waals surface area contributed by atoms with Crippen LogP contribution in [0.3, 0.4) is 0 Å². The fourth-order valence-electron chi connectivity index (χ4n) is 3.17. The Labute approximate surface area is 149 Å². The molecule has 0 unspecified atom stereocenters. The van der Waals surface area contributed by atoms with Gasteiger partial charge in [0.2, 0.25) is 11.8 Å². The minimum Gasteiger partial charge on any atom is -0.366 e. The van der Waals surface area contributed by atoms with Gasteiger partial charge in [0.1, 0.15) is 0 Å². The van der Waals surface area contributed by atoms with Gasteiger partial charge in [-0.15, -0.1) is 0 Å². The van der Waals surface area contributed by atoms with Gasteiger partial charge in [-0.2, -0.15) is 0 Å². The Hall–Kier alpha value is -3.66. The van der Waals surface area contributed by atoms with Crippen LogP contribution >= 0.6 is 0 Å². The molecule has 4 nitrogen and oxygen atoms in total. The van der Waals surface area contributed by atoms with Crippen molar-refractivity contribution in [3.05, 3.63) is 78.9 Å². The number of hydrogen-bond acceptors (Lipinski definition) is 2. The van der Waals surface area contributed by atoms with Crippen molar-refractivity contribution < 1.29 is 9.59 Å². The summed E-state index contributed by atoms with van der Waals surface area (Å²) in [5.74, 6) is -0.678. The molecular weight excluding hydrogens is 324 g/mol. The molecule has 0 saturated heterocycles. The molecule has 0 aromatic heterocycles. The molecule has 0 aliphatic heterocycles. The van der Waals surface area contributed by atoms with Gasteiger partial charge >= 0.3 is 0 Å². The molecule has 3 N–H and O–H groups in total. The highest BCUT2D eigenvalue weighted by Gasteiger charge is 2.06. The molecule has 4 heteroatoms. The summed E-state index contributed by atoms with van der Waals surface area (Å²) < 4.78 is 0. The van der Waals surface area contributed by atoms with Crippen molar-refractivity contribution in [1.29, 1.82) is 0 Å².